The second-order valence-electron chi connectivity index (χ2n) is 8.98. The van der Waals surface area contributed by atoms with Gasteiger partial charge in [0.2, 0.25) is 5.91 Å². The number of rotatable bonds is 8. The van der Waals surface area contributed by atoms with Crippen LogP contribution in [0.4, 0.5) is 11.4 Å². The molecule has 38 heavy (non-hydrogen) atoms. The molecule has 0 aliphatic rings. The maximum Gasteiger partial charge on any atom is 0.338 e. The molecule has 1 heterocycles. The molecule has 0 saturated carbocycles. The van der Waals surface area contributed by atoms with Crippen LogP contribution < -0.4 is 4.90 Å². The zero-order chi connectivity index (χ0) is 27.4. The molecule has 1 amide bonds. The molecular weight excluding hydrogens is 504 g/mol. The molecule has 0 aliphatic carbocycles. The minimum absolute atomic E-state index is 0.0830. The Balaban J connectivity index is 1.80. The van der Waals surface area contributed by atoms with E-state index in [1.165, 1.54) is 4.90 Å². The molecule has 0 bridgehead atoms. The Morgan fingerprint density at radius 2 is 1.74 bits per heavy atom. The fraction of sp³-hybridized carbons (Fsp3) is 0.207. The number of fused-ring (bicyclic) bond motifs is 1. The van der Waals surface area contributed by atoms with Crippen molar-refractivity contribution < 1.29 is 19.4 Å². The third kappa shape index (κ3) is 5.72. The van der Waals surface area contributed by atoms with Gasteiger partial charge < -0.3 is 24.6 Å². The summed E-state index contributed by atoms with van der Waals surface area (Å²) in [4.78, 5) is 35.9. The fourth-order valence-corrected chi connectivity index (χ4v) is 4.40. The predicted octanol–water partition coefficient (Wildman–Crippen LogP) is 5.40. The number of H-pyrrole nitrogens is 1. The molecule has 0 saturated heterocycles. The van der Waals surface area contributed by atoms with E-state index in [9.17, 15) is 14.7 Å². The molecule has 4 aromatic rings. The van der Waals surface area contributed by atoms with Crippen molar-refractivity contribution in [2.24, 2.45) is 4.99 Å². The van der Waals surface area contributed by atoms with Crippen molar-refractivity contribution in [3.8, 4) is 5.88 Å². The van der Waals surface area contributed by atoms with E-state index in [0.717, 1.165) is 5.56 Å². The van der Waals surface area contributed by atoms with Gasteiger partial charge in [0.25, 0.3) is 0 Å². The minimum atomic E-state index is -0.439. The summed E-state index contributed by atoms with van der Waals surface area (Å²) < 4.78 is 5.10. The number of esters is 1. The predicted molar refractivity (Wildman–Crippen MR) is 151 cm³/mol. The van der Waals surface area contributed by atoms with Crippen LogP contribution in [0.3, 0.4) is 0 Å². The Morgan fingerprint density at radius 3 is 2.39 bits per heavy atom. The van der Waals surface area contributed by atoms with Gasteiger partial charge in [-0.15, -0.1) is 0 Å². The van der Waals surface area contributed by atoms with Gasteiger partial charge in [0, 0.05) is 23.5 Å². The molecule has 8 nitrogen and oxygen atoms in total. The van der Waals surface area contributed by atoms with Crippen LogP contribution in [0.5, 0.6) is 5.88 Å². The van der Waals surface area contributed by atoms with E-state index >= 15 is 0 Å². The van der Waals surface area contributed by atoms with E-state index in [-0.39, 0.29) is 24.9 Å². The number of nitrogens with one attached hydrogen (secondary N) is 1. The molecule has 0 radical (unpaired) electrons. The van der Waals surface area contributed by atoms with Crippen LogP contribution in [0.25, 0.3) is 10.9 Å². The number of carbonyl (C=O) groups is 2. The Labute approximate surface area is 226 Å². The number of hydrogen-bond donors (Lipinski definition) is 2. The van der Waals surface area contributed by atoms with E-state index in [1.807, 2.05) is 44.4 Å². The van der Waals surface area contributed by atoms with Crippen LogP contribution in [0.2, 0.25) is 5.02 Å². The second kappa shape index (κ2) is 11.5. The highest BCUT2D eigenvalue weighted by atomic mass is 35.5. The van der Waals surface area contributed by atoms with Crippen LogP contribution in [0, 0.1) is 0 Å². The van der Waals surface area contributed by atoms with E-state index in [4.69, 9.17) is 21.3 Å². The average Bonchev–Trinajstić information content (AvgIpc) is 3.21. The number of ether oxygens (including phenoxy) is 1. The minimum Gasteiger partial charge on any atom is -0.494 e. The number of aromatic amines is 1. The van der Waals surface area contributed by atoms with E-state index in [1.54, 1.807) is 55.3 Å². The highest BCUT2D eigenvalue weighted by Crippen LogP contribution is 2.34. The number of amides is 1. The molecule has 196 valence electrons. The summed E-state index contributed by atoms with van der Waals surface area (Å²) >= 11 is 6.58. The lowest BCUT2D eigenvalue weighted by Gasteiger charge is -2.21. The summed E-state index contributed by atoms with van der Waals surface area (Å²) in [6, 6.07) is 19.7. The number of aliphatic imine (C=N–C) groups is 1. The van der Waals surface area contributed by atoms with Crippen molar-refractivity contribution in [3.63, 3.8) is 0 Å². The Morgan fingerprint density at radius 1 is 1.00 bits per heavy atom. The average molecular weight is 533 g/mol. The number of anilines is 1. The molecule has 0 aliphatic heterocycles. The second-order valence-corrected chi connectivity index (χ2v) is 9.39. The van der Waals surface area contributed by atoms with Crippen LogP contribution >= 0.6 is 11.6 Å². The third-order valence-corrected chi connectivity index (χ3v) is 6.24. The first-order valence-electron chi connectivity index (χ1n) is 12.1. The van der Waals surface area contributed by atoms with Gasteiger partial charge in [0.1, 0.15) is 0 Å². The van der Waals surface area contributed by atoms with Crippen molar-refractivity contribution in [3.05, 3.63) is 88.4 Å². The van der Waals surface area contributed by atoms with Crippen LogP contribution in [-0.4, -0.2) is 66.9 Å². The highest BCUT2D eigenvalue weighted by molar-refractivity contribution is 6.34. The SMILES string of the molecule is CCOC(=O)c1ccc2c(C(=Nc3ccc(N(C)C(=O)CN(C)C)c(Cl)c3)c3ccccc3)c(O)[nH]c2c1. The van der Waals surface area contributed by atoms with Gasteiger partial charge >= 0.3 is 5.97 Å². The van der Waals surface area contributed by atoms with Gasteiger partial charge in [-0.2, -0.15) is 0 Å². The van der Waals surface area contributed by atoms with Crippen molar-refractivity contribution >= 4 is 51.5 Å². The Kier molecular flexibility index (Phi) is 8.14. The molecule has 9 heteroatoms. The van der Waals surface area contributed by atoms with Gasteiger partial charge in [-0.3, -0.25) is 4.79 Å². The van der Waals surface area contributed by atoms with Crippen LogP contribution in [0.1, 0.15) is 28.4 Å². The number of likely N-dealkylation sites (N-methyl/N-ethyl adjacent to an activating group) is 2. The molecule has 0 atom stereocenters. The maximum absolute atomic E-state index is 12.5. The van der Waals surface area contributed by atoms with Crippen molar-refractivity contribution in [2.75, 3.05) is 39.2 Å². The lowest BCUT2D eigenvalue weighted by molar-refractivity contribution is -0.118. The largest absolute Gasteiger partial charge is 0.494 e. The zero-order valence-electron chi connectivity index (χ0n) is 21.7. The lowest BCUT2D eigenvalue weighted by atomic mass is 10.00. The van der Waals surface area contributed by atoms with E-state index < -0.39 is 5.97 Å². The third-order valence-electron chi connectivity index (χ3n) is 5.93. The Bertz CT molecular complexity index is 1510. The van der Waals surface area contributed by atoms with E-state index in [2.05, 4.69) is 4.98 Å². The lowest BCUT2D eigenvalue weighted by Crippen LogP contribution is -2.35. The quantitative estimate of drug-likeness (QED) is 0.234. The summed E-state index contributed by atoms with van der Waals surface area (Å²) in [5.41, 5.74) is 3.83. The number of aromatic hydroxyl groups is 1. The van der Waals surface area contributed by atoms with Gasteiger partial charge in [-0.1, -0.05) is 48.0 Å². The first-order valence-corrected chi connectivity index (χ1v) is 12.4. The molecule has 0 fully saturated rings. The summed E-state index contributed by atoms with van der Waals surface area (Å²) in [7, 11) is 5.34. The van der Waals surface area contributed by atoms with Crippen molar-refractivity contribution in [2.45, 2.75) is 6.92 Å². The number of benzene rings is 3. The molecular formula is C29H29ClN4O4. The van der Waals surface area contributed by atoms with Gasteiger partial charge in [0.05, 0.1) is 46.4 Å². The topological polar surface area (TPSA) is 98.2 Å². The summed E-state index contributed by atoms with van der Waals surface area (Å²) in [5.74, 6) is -0.616. The number of nitrogens with zero attached hydrogens (tertiary/aromatic N) is 3. The van der Waals surface area contributed by atoms with E-state index in [0.29, 0.717) is 44.1 Å². The first kappa shape index (κ1) is 26.9. The summed E-state index contributed by atoms with van der Waals surface area (Å²) in [6.45, 7) is 2.27. The molecule has 4 rings (SSSR count). The van der Waals surface area contributed by atoms with Gasteiger partial charge in [0.15, 0.2) is 5.88 Å². The summed E-state index contributed by atoms with van der Waals surface area (Å²) in [5, 5.41) is 12.0. The van der Waals surface area contributed by atoms with Crippen molar-refractivity contribution in [1.82, 2.24) is 9.88 Å². The standard InChI is InChI=1S/C29H29ClN4O4/c1-5-38-29(37)19-11-13-21-23(15-19)32-28(36)26(21)27(18-9-7-6-8-10-18)31-20-12-14-24(22(30)16-20)34(4)25(35)17-33(2)3/h6-16,32,36H,5,17H2,1-4H3. The maximum atomic E-state index is 12.5. The molecule has 0 spiro atoms. The first-order chi connectivity index (χ1) is 18.2. The van der Waals surface area contributed by atoms with Gasteiger partial charge in [-0.25, -0.2) is 9.79 Å². The fourth-order valence-electron chi connectivity index (χ4n) is 4.10. The number of halogens is 1. The number of aromatic nitrogens is 1. The van der Waals surface area contributed by atoms with Crippen LogP contribution in [-0.2, 0) is 9.53 Å². The molecule has 0 unspecified atom stereocenters. The molecule has 1 aromatic heterocycles. The number of carbonyl (C=O) groups excluding carboxylic acids is 2. The van der Waals surface area contributed by atoms with Crippen LogP contribution in [0.15, 0.2) is 71.7 Å². The number of hydrogen-bond acceptors (Lipinski definition) is 6. The van der Waals surface area contributed by atoms with Gasteiger partial charge in [-0.05, 0) is 51.4 Å². The molecule has 3 aromatic carbocycles. The monoisotopic (exact) mass is 532 g/mol. The zero-order valence-corrected chi connectivity index (χ0v) is 22.4. The molecule has 2 N–H and O–H groups in total. The van der Waals surface area contributed by atoms with Crippen molar-refractivity contribution in [1.29, 1.82) is 0 Å². The normalized spacial score (nSPS) is 11.7. The Hall–Kier alpha value is -4.14. The smallest absolute Gasteiger partial charge is 0.338 e. The summed E-state index contributed by atoms with van der Waals surface area (Å²) in [6.07, 6.45) is 0. The highest BCUT2D eigenvalue weighted by Gasteiger charge is 2.21.